The van der Waals surface area contributed by atoms with Crippen molar-refractivity contribution >= 4 is 39.8 Å². The highest BCUT2D eigenvalue weighted by Crippen LogP contribution is 2.28. The maximum Gasteiger partial charge on any atom is 0.343 e. The van der Waals surface area contributed by atoms with Gasteiger partial charge in [0.1, 0.15) is 11.1 Å². The normalized spacial score (nSPS) is 11.2. The summed E-state index contributed by atoms with van der Waals surface area (Å²) in [7, 11) is 0. The van der Waals surface area contributed by atoms with Crippen LogP contribution < -0.4 is 5.32 Å². The molecule has 3 heterocycles. The van der Waals surface area contributed by atoms with Gasteiger partial charge in [-0.1, -0.05) is 30.3 Å². The van der Waals surface area contributed by atoms with Gasteiger partial charge in [-0.25, -0.2) is 9.78 Å². The smallest absolute Gasteiger partial charge is 0.343 e. The number of rotatable bonds is 5. The Morgan fingerprint density at radius 1 is 1.10 bits per heavy atom. The Kier molecular flexibility index (Phi) is 4.59. The molecule has 0 aliphatic carbocycles. The van der Waals surface area contributed by atoms with Gasteiger partial charge in [0.05, 0.1) is 18.3 Å². The predicted molar refractivity (Wildman–Crippen MR) is 117 cm³/mol. The molecule has 2 aromatic carbocycles. The van der Waals surface area contributed by atoms with Gasteiger partial charge in [0.15, 0.2) is 17.2 Å². The first-order valence-electron chi connectivity index (χ1n) is 9.88. The number of oxazole rings is 1. The highest BCUT2D eigenvalue weighted by atomic mass is 16.5. The third-order valence-electron chi connectivity index (χ3n) is 4.91. The Balaban J connectivity index is 1.64. The lowest BCUT2D eigenvalue weighted by molar-refractivity contribution is 0.0527. The minimum Gasteiger partial charge on any atom is -0.462 e. The number of aryl methyl sites for hydroxylation is 1. The van der Waals surface area contributed by atoms with E-state index in [9.17, 15) is 4.79 Å². The van der Waals surface area contributed by atoms with E-state index in [4.69, 9.17) is 14.1 Å². The van der Waals surface area contributed by atoms with Gasteiger partial charge >= 0.3 is 12.0 Å². The van der Waals surface area contributed by atoms with Crippen molar-refractivity contribution in [3.05, 3.63) is 71.9 Å². The summed E-state index contributed by atoms with van der Waals surface area (Å²) in [6.07, 6.45) is 1.45. The largest absolute Gasteiger partial charge is 0.462 e. The van der Waals surface area contributed by atoms with E-state index in [1.807, 2.05) is 61.5 Å². The molecule has 8 nitrogen and oxygen atoms in total. The zero-order valence-electron chi connectivity index (χ0n) is 17.0. The van der Waals surface area contributed by atoms with Crippen molar-refractivity contribution < 1.29 is 13.9 Å². The first kappa shape index (κ1) is 18.8. The molecule has 0 spiro atoms. The molecule has 5 aromatic rings. The van der Waals surface area contributed by atoms with Crippen LogP contribution in [-0.4, -0.2) is 32.3 Å². The summed E-state index contributed by atoms with van der Waals surface area (Å²) in [5, 5.41) is 8.56. The van der Waals surface area contributed by atoms with Crippen LogP contribution in [0.5, 0.6) is 0 Å². The molecule has 0 aliphatic rings. The molecule has 0 radical (unpaired) electrons. The van der Waals surface area contributed by atoms with Crippen LogP contribution in [0.15, 0.2) is 65.2 Å². The zero-order valence-corrected chi connectivity index (χ0v) is 17.0. The van der Waals surface area contributed by atoms with Gasteiger partial charge in [-0.3, -0.25) is 5.32 Å². The van der Waals surface area contributed by atoms with Crippen molar-refractivity contribution in [2.45, 2.75) is 13.8 Å². The van der Waals surface area contributed by atoms with Crippen molar-refractivity contribution in [3.8, 4) is 5.82 Å². The zero-order chi connectivity index (χ0) is 21.4. The number of aromatic nitrogens is 4. The van der Waals surface area contributed by atoms with Crippen molar-refractivity contribution in [2.75, 3.05) is 11.9 Å². The van der Waals surface area contributed by atoms with Gasteiger partial charge in [0.25, 0.3) is 0 Å². The number of hydrogen-bond acceptors (Lipinski definition) is 7. The summed E-state index contributed by atoms with van der Waals surface area (Å²) in [5.41, 5.74) is 3.47. The summed E-state index contributed by atoms with van der Waals surface area (Å²) in [6.45, 7) is 4.02. The van der Waals surface area contributed by atoms with Crippen molar-refractivity contribution in [1.29, 1.82) is 0 Å². The first-order valence-corrected chi connectivity index (χ1v) is 9.88. The molecule has 1 N–H and O–H groups in total. The van der Waals surface area contributed by atoms with Crippen LogP contribution in [-0.2, 0) is 4.74 Å². The van der Waals surface area contributed by atoms with Gasteiger partial charge in [-0.15, -0.1) is 0 Å². The molecular formula is C23H19N5O3. The van der Waals surface area contributed by atoms with E-state index in [2.05, 4.69) is 15.4 Å². The lowest BCUT2D eigenvalue weighted by Gasteiger charge is -2.11. The number of fused-ring (bicyclic) bond motifs is 2. The molecule has 0 bridgehead atoms. The summed E-state index contributed by atoms with van der Waals surface area (Å²) in [4.78, 5) is 21.7. The summed E-state index contributed by atoms with van der Waals surface area (Å²) in [6, 6.07) is 17.5. The predicted octanol–water partition coefficient (Wildman–Crippen LogP) is 4.79. The van der Waals surface area contributed by atoms with Gasteiger partial charge in [-0.2, -0.15) is 14.8 Å². The van der Waals surface area contributed by atoms with E-state index in [0.29, 0.717) is 22.7 Å². The summed E-state index contributed by atoms with van der Waals surface area (Å²) < 4.78 is 12.5. The SMILES string of the molecule is CCOC(=O)c1cnn(-c2cc(C)c3ccccc3n2)c1Nc1nc2ccccc2o1. The molecule has 0 unspecified atom stereocenters. The van der Waals surface area contributed by atoms with Crippen LogP contribution in [0, 0.1) is 6.92 Å². The minimum absolute atomic E-state index is 0.242. The molecule has 8 heteroatoms. The molecule has 3 aromatic heterocycles. The number of para-hydroxylation sites is 3. The van der Waals surface area contributed by atoms with Gasteiger partial charge in [-0.05, 0) is 43.7 Å². The second-order valence-corrected chi connectivity index (χ2v) is 6.97. The maximum absolute atomic E-state index is 12.6. The van der Waals surface area contributed by atoms with Crippen molar-refractivity contribution in [2.24, 2.45) is 0 Å². The summed E-state index contributed by atoms with van der Waals surface area (Å²) in [5.74, 6) is 0.433. The average molecular weight is 413 g/mol. The lowest BCUT2D eigenvalue weighted by Crippen LogP contribution is -2.10. The van der Waals surface area contributed by atoms with Gasteiger partial charge in [0.2, 0.25) is 0 Å². The Hall–Kier alpha value is -4.20. The molecule has 0 saturated carbocycles. The standard InChI is InChI=1S/C23H19N5O3/c1-3-30-22(29)16-13-24-28(20-12-14(2)15-8-4-5-9-17(15)25-20)21(16)27-23-26-18-10-6-7-11-19(18)31-23/h4-13H,3H2,1-2H3,(H,26,27). The van der Waals surface area contributed by atoms with E-state index in [-0.39, 0.29) is 18.2 Å². The quantitative estimate of drug-likeness (QED) is 0.414. The number of benzene rings is 2. The Labute approximate surface area is 177 Å². The molecule has 31 heavy (non-hydrogen) atoms. The number of nitrogens with one attached hydrogen (secondary N) is 1. The number of carbonyl (C=O) groups is 1. The molecule has 0 atom stereocenters. The van der Waals surface area contributed by atoms with Crippen molar-refractivity contribution in [1.82, 2.24) is 19.7 Å². The number of ether oxygens (including phenoxy) is 1. The fraction of sp³-hybridized carbons (Fsp3) is 0.130. The van der Waals surface area contributed by atoms with Crippen LogP contribution in [0.1, 0.15) is 22.8 Å². The van der Waals surface area contributed by atoms with E-state index in [1.165, 1.54) is 6.20 Å². The molecule has 5 rings (SSSR count). The van der Waals surface area contributed by atoms with Crippen LogP contribution in [0.3, 0.4) is 0 Å². The second kappa shape index (κ2) is 7.56. The number of esters is 1. The lowest BCUT2D eigenvalue weighted by atomic mass is 10.1. The molecule has 0 aliphatic heterocycles. The summed E-state index contributed by atoms with van der Waals surface area (Å²) >= 11 is 0. The van der Waals surface area contributed by atoms with Crippen LogP contribution in [0.2, 0.25) is 0 Å². The molecule has 0 saturated heterocycles. The van der Waals surface area contributed by atoms with E-state index in [0.717, 1.165) is 16.5 Å². The molecule has 0 amide bonds. The van der Waals surface area contributed by atoms with Crippen LogP contribution in [0.25, 0.3) is 27.8 Å². The number of pyridine rings is 1. The highest BCUT2D eigenvalue weighted by molar-refractivity contribution is 5.95. The monoisotopic (exact) mass is 413 g/mol. The second-order valence-electron chi connectivity index (χ2n) is 6.97. The highest BCUT2D eigenvalue weighted by Gasteiger charge is 2.22. The molecule has 0 fully saturated rings. The average Bonchev–Trinajstić information content (AvgIpc) is 3.38. The van der Waals surface area contributed by atoms with Gasteiger partial charge < -0.3 is 9.15 Å². The Morgan fingerprint density at radius 2 is 1.87 bits per heavy atom. The number of hydrogen-bond donors (Lipinski definition) is 1. The minimum atomic E-state index is -0.495. The molecule has 154 valence electrons. The molecular weight excluding hydrogens is 394 g/mol. The number of nitrogens with zero attached hydrogens (tertiary/aromatic N) is 4. The first-order chi connectivity index (χ1) is 15.1. The fourth-order valence-electron chi connectivity index (χ4n) is 3.47. The maximum atomic E-state index is 12.6. The third-order valence-corrected chi connectivity index (χ3v) is 4.91. The Morgan fingerprint density at radius 3 is 2.68 bits per heavy atom. The van der Waals surface area contributed by atoms with Crippen molar-refractivity contribution in [3.63, 3.8) is 0 Å². The van der Waals surface area contributed by atoms with E-state index in [1.54, 1.807) is 11.6 Å². The topological polar surface area (TPSA) is 95.1 Å². The number of carbonyl (C=O) groups excluding carboxylic acids is 1. The van der Waals surface area contributed by atoms with Crippen LogP contribution in [0.4, 0.5) is 11.8 Å². The number of anilines is 2. The van der Waals surface area contributed by atoms with E-state index < -0.39 is 5.97 Å². The van der Waals surface area contributed by atoms with Gasteiger partial charge in [0, 0.05) is 5.39 Å². The fourth-order valence-corrected chi connectivity index (χ4v) is 3.47. The third kappa shape index (κ3) is 3.38. The van der Waals surface area contributed by atoms with Crippen LogP contribution >= 0.6 is 0 Å². The van der Waals surface area contributed by atoms with E-state index >= 15 is 0 Å². The Bertz CT molecular complexity index is 1390.